The van der Waals surface area contributed by atoms with E-state index in [-0.39, 0.29) is 0 Å². The van der Waals surface area contributed by atoms with Crippen molar-refractivity contribution in [2.45, 2.75) is 27.2 Å². The summed E-state index contributed by atoms with van der Waals surface area (Å²) in [5.74, 6) is 0.643. The van der Waals surface area contributed by atoms with E-state index in [9.17, 15) is 0 Å². The van der Waals surface area contributed by atoms with Crippen LogP contribution in [0.4, 0.5) is 0 Å². The van der Waals surface area contributed by atoms with Crippen LogP contribution in [0.3, 0.4) is 0 Å². The summed E-state index contributed by atoms with van der Waals surface area (Å²) in [4.78, 5) is 4.33. The lowest BCUT2D eigenvalue weighted by Gasteiger charge is -2.03. The summed E-state index contributed by atoms with van der Waals surface area (Å²) >= 11 is 0. The Morgan fingerprint density at radius 2 is 2.14 bits per heavy atom. The number of rotatable bonds is 2. The van der Waals surface area contributed by atoms with Gasteiger partial charge in [-0.3, -0.25) is 0 Å². The van der Waals surface area contributed by atoms with Gasteiger partial charge in [0, 0.05) is 0 Å². The Bertz CT molecular complexity index is 443. The number of hydrogen-bond donors (Lipinski definition) is 0. The molecule has 2 heterocycles. The highest BCUT2D eigenvalue weighted by Gasteiger charge is 2.02. The summed E-state index contributed by atoms with van der Waals surface area (Å²) < 4.78 is 1.85. The van der Waals surface area contributed by atoms with Crippen LogP contribution >= 0.6 is 0 Å². The quantitative estimate of drug-likeness (QED) is 0.725. The molecule has 0 N–H and O–H groups in total. The smallest absolute Gasteiger partial charge is 0.153 e. The fourth-order valence-corrected chi connectivity index (χ4v) is 1.57. The fourth-order valence-electron chi connectivity index (χ4n) is 1.57. The second-order valence-electron chi connectivity index (χ2n) is 4.11. The van der Waals surface area contributed by atoms with Gasteiger partial charge in [0.05, 0.1) is 17.6 Å². The Morgan fingerprint density at radius 3 is 2.86 bits per heavy atom. The first-order valence-corrected chi connectivity index (χ1v) is 4.97. The number of nitrogens with zero attached hydrogens (tertiary/aromatic N) is 3. The van der Waals surface area contributed by atoms with Gasteiger partial charge < -0.3 is 0 Å². The normalized spacial score (nSPS) is 11.4. The van der Waals surface area contributed by atoms with Gasteiger partial charge in [-0.2, -0.15) is 5.10 Å². The SMILES string of the molecule is Cc1cn2nc(CC(C)C)ccc2n1. The van der Waals surface area contributed by atoms with Crippen molar-refractivity contribution < 1.29 is 0 Å². The predicted octanol–water partition coefficient (Wildman–Crippen LogP) is 2.24. The highest BCUT2D eigenvalue weighted by Crippen LogP contribution is 2.07. The molecule has 0 radical (unpaired) electrons. The molecular weight excluding hydrogens is 174 g/mol. The molecule has 0 aliphatic heterocycles. The van der Waals surface area contributed by atoms with Crippen molar-refractivity contribution in [1.82, 2.24) is 14.6 Å². The lowest BCUT2D eigenvalue weighted by Crippen LogP contribution is -2.01. The third-order valence-electron chi connectivity index (χ3n) is 2.11. The number of imidazole rings is 1. The number of hydrogen-bond acceptors (Lipinski definition) is 2. The molecule has 0 unspecified atom stereocenters. The van der Waals surface area contributed by atoms with Crippen molar-refractivity contribution in [3.05, 3.63) is 29.7 Å². The molecule has 2 aromatic rings. The monoisotopic (exact) mass is 189 g/mol. The van der Waals surface area contributed by atoms with Gasteiger partial charge in [0.1, 0.15) is 0 Å². The highest BCUT2D eigenvalue weighted by molar-refractivity contribution is 5.38. The maximum atomic E-state index is 4.49. The maximum absolute atomic E-state index is 4.49. The van der Waals surface area contributed by atoms with Gasteiger partial charge >= 0.3 is 0 Å². The van der Waals surface area contributed by atoms with Gasteiger partial charge in [-0.15, -0.1) is 0 Å². The minimum absolute atomic E-state index is 0.643. The van der Waals surface area contributed by atoms with Crippen molar-refractivity contribution in [2.24, 2.45) is 5.92 Å². The Kier molecular flexibility index (Phi) is 2.23. The van der Waals surface area contributed by atoms with Gasteiger partial charge in [0.2, 0.25) is 0 Å². The second kappa shape index (κ2) is 3.40. The second-order valence-corrected chi connectivity index (χ2v) is 4.11. The Labute approximate surface area is 83.8 Å². The first-order valence-electron chi connectivity index (χ1n) is 4.97. The van der Waals surface area contributed by atoms with Crippen LogP contribution in [0.15, 0.2) is 18.3 Å². The molecule has 0 bridgehead atoms. The Hall–Kier alpha value is -1.38. The van der Waals surface area contributed by atoms with Gasteiger partial charge in [-0.1, -0.05) is 13.8 Å². The molecule has 0 spiro atoms. The molecule has 2 aromatic heterocycles. The van der Waals surface area contributed by atoms with Crippen molar-refractivity contribution in [3.63, 3.8) is 0 Å². The molecule has 74 valence electrons. The van der Waals surface area contributed by atoms with E-state index < -0.39 is 0 Å². The van der Waals surface area contributed by atoms with Crippen molar-refractivity contribution in [2.75, 3.05) is 0 Å². The van der Waals surface area contributed by atoms with E-state index in [0.29, 0.717) is 5.92 Å². The molecular formula is C11H15N3. The molecule has 0 aliphatic rings. The van der Waals surface area contributed by atoms with E-state index in [4.69, 9.17) is 0 Å². The van der Waals surface area contributed by atoms with Crippen LogP contribution in [-0.2, 0) is 6.42 Å². The van der Waals surface area contributed by atoms with Crippen molar-refractivity contribution >= 4 is 5.65 Å². The zero-order valence-electron chi connectivity index (χ0n) is 8.86. The topological polar surface area (TPSA) is 30.2 Å². The first kappa shape index (κ1) is 9.19. The molecule has 0 aromatic carbocycles. The molecule has 0 saturated carbocycles. The van der Waals surface area contributed by atoms with E-state index in [1.165, 1.54) is 0 Å². The summed E-state index contributed by atoms with van der Waals surface area (Å²) in [6, 6.07) is 4.08. The van der Waals surface area contributed by atoms with Gasteiger partial charge in [0.15, 0.2) is 5.65 Å². The third-order valence-corrected chi connectivity index (χ3v) is 2.11. The van der Waals surface area contributed by atoms with Crippen LogP contribution in [0.25, 0.3) is 5.65 Å². The van der Waals surface area contributed by atoms with Gasteiger partial charge in [0.25, 0.3) is 0 Å². The van der Waals surface area contributed by atoms with Crippen LogP contribution in [0.5, 0.6) is 0 Å². The summed E-state index contributed by atoms with van der Waals surface area (Å²) in [5.41, 5.74) is 3.07. The highest BCUT2D eigenvalue weighted by atomic mass is 15.2. The minimum Gasteiger partial charge on any atom is -0.232 e. The molecule has 0 saturated heterocycles. The summed E-state index contributed by atoms with van der Waals surface area (Å²) in [7, 11) is 0. The zero-order valence-corrected chi connectivity index (χ0v) is 8.86. The summed E-state index contributed by atoms with van der Waals surface area (Å²) in [5, 5.41) is 4.49. The number of fused-ring (bicyclic) bond motifs is 1. The maximum Gasteiger partial charge on any atom is 0.153 e. The van der Waals surface area contributed by atoms with Crippen LogP contribution in [-0.4, -0.2) is 14.6 Å². The van der Waals surface area contributed by atoms with Crippen molar-refractivity contribution in [3.8, 4) is 0 Å². The Morgan fingerprint density at radius 1 is 1.36 bits per heavy atom. The average molecular weight is 189 g/mol. The molecule has 0 amide bonds. The van der Waals surface area contributed by atoms with Crippen LogP contribution in [0.2, 0.25) is 0 Å². The largest absolute Gasteiger partial charge is 0.232 e. The van der Waals surface area contributed by atoms with Gasteiger partial charge in [-0.25, -0.2) is 9.50 Å². The molecule has 3 nitrogen and oxygen atoms in total. The van der Waals surface area contributed by atoms with E-state index in [0.717, 1.165) is 23.5 Å². The van der Waals surface area contributed by atoms with E-state index in [1.54, 1.807) is 0 Å². The van der Waals surface area contributed by atoms with Gasteiger partial charge in [-0.05, 0) is 31.4 Å². The zero-order chi connectivity index (χ0) is 10.1. The molecule has 0 fully saturated rings. The van der Waals surface area contributed by atoms with E-state index >= 15 is 0 Å². The lowest BCUT2D eigenvalue weighted by atomic mass is 10.1. The molecule has 0 atom stereocenters. The van der Waals surface area contributed by atoms with E-state index in [2.05, 4.69) is 30.0 Å². The van der Waals surface area contributed by atoms with E-state index in [1.807, 2.05) is 23.7 Å². The summed E-state index contributed by atoms with van der Waals surface area (Å²) in [6.07, 6.45) is 2.98. The molecule has 3 heteroatoms. The Balaban J connectivity index is 2.40. The van der Waals surface area contributed by atoms with Crippen LogP contribution in [0.1, 0.15) is 25.2 Å². The lowest BCUT2D eigenvalue weighted by molar-refractivity contribution is 0.624. The summed E-state index contributed by atoms with van der Waals surface area (Å²) in [6.45, 7) is 6.38. The molecule has 2 rings (SSSR count). The standard InChI is InChI=1S/C11H15N3/c1-8(2)6-10-4-5-11-12-9(3)7-14(11)13-10/h4-5,7-8H,6H2,1-3H3. The fraction of sp³-hybridized carbons (Fsp3) is 0.455. The number of aryl methyl sites for hydroxylation is 1. The average Bonchev–Trinajstić information content (AvgIpc) is 2.42. The van der Waals surface area contributed by atoms with Crippen LogP contribution < -0.4 is 0 Å². The van der Waals surface area contributed by atoms with Crippen LogP contribution in [0, 0.1) is 12.8 Å². The first-order chi connectivity index (χ1) is 6.65. The molecule has 14 heavy (non-hydrogen) atoms. The third kappa shape index (κ3) is 1.76. The molecule has 0 aliphatic carbocycles. The van der Waals surface area contributed by atoms with Crippen molar-refractivity contribution in [1.29, 1.82) is 0 Å². The number of aromatic nitrogens is 3. The minimum atomic E-state index is 0.643. The predicted molar refractivity (Wildman–Crippen MR) is 56.3 cm³/mol.